The van der Waals surface area contributed by atoms with Gasteiger partial charge in [0.15, 0.2) is 0 Å². The highest BCUT2D eigenvalue weighted by molar-refractivity contribution is 7.76. The minimum absolute atomic E-state index is 0.282. The van der Waals surface area contributed by atoms with E-state index in [-0.39, 0.29) is 22.9 Å². The van der Waals surface area contributed by atoms with Crippen LogP contribution >= 0.6 is 0 Å². The summed E-state index contributed by atoms with van der Waals surface area (Å²) in [4.78, 5) is 0. The van der Waals surface area contributed by atoms with Gasteiger partial charge in [-0.1, -0.05) is 41.5 Å². The van der Waals surface area contributed by atoms with Gasteiger partial charge in [0, 0.05) is 22.3 Å². The normalized spacial score (nSPS) is 21.1. The second-order valence-corrected chi connectivity index (χ2v) is 7.04. The Morgan fingerprint density at radius 3 is 1.39 bits per heavy atom. The molecule has 0 aliphatic rings. The lowest BCUT2D eigenvalue weighted by Crippen LogP contribution is -2.62. The summed E-state index contributed by atoms with van der Waals surface area (Å²) in [6.45, 7) is 16.6. The topological polar surface area (TPSA) is 43.4 Å². The molecule has 0 heterocycles. The average Bonchev–Trinajstić information content (AvgIpc) is 2.27. The molecule has 3 unspecified atom stereocenters. The Bertz CT molecular complexity index is 272. The van der Waals surface area contributed by atoms with Crippen LogP contribution in [-0.2, 0) is 11.3 Å². The zero-order chi connectivity index (χ0) is 14.7. The predicted octanol–water partition coefficient (Wildman–Crippen LogP) is 3.73. The van der Waals surface area contributed by atoms with E-state index in [1.807, 2.05) is 0 Å². The lowest BCUT2D eigenvalue weighted by molar-refractivity contribution is 0.0146. The lowest BCUT2D eigenvalue weighted by atomic mass is 9.78. The van der Waals surface area contributed by atoms with Crippen molar-refractivity contribution in [2.24, 2.45) is 11.8 Å². The summed E-state index contributed by atoms with van der Waals surface area (Å²) in [7, 11) is 0. The molecule has 110 valence electrons. The van der Waals surface area contributed by atoms with Crippen molar-refractivity contribution in [2.75, 3.05) is 0 Å². The molecule has 3 atom stereocenters. The van der Waals surface area contributed by atoms with E-state index in [0.717, 1.165) is 12.8 Å². The highest BCUT2D eigenvalue weighted by Gasteiger charge is 2.45. The Kier molecular flexibility index (Phi) is 6.51. The number of rotatable bonds is 7. The monoisotopic (exact) mass is 276 g/mol. The van der Waals surface area contributed by atoms with E-state index in [4.69, 9.17) is 0 Å². The smallest absolute Gasteiger partial charge is 0.0324 e. The fourth-order valence-electron chi connectivity index (χ4n) is 2.50. The van der Waals surface area contributed by atoms with E-state index in [1.165, 1.54) is 0 Å². The molecule has 0 N–H and O–H groups in total. The van der Waals surface area contributed by atoms with E-state index in [9.17, 15) is 8.76 Å². The SMILES string of the molecule is CCC(C)(C(C)C)N(S(=O)[O-])C(C)(CC)C(C)C. The number of hydrogen-bond donors (Lipinski definition) is 0. The highest BCUT2D eigenvalue weighted by Crippen LogP contribution is 2.40. The van der Waals surface area contributed by atoms with E-state index in [2.05, 4.69) is 55.4 Å². The Labute approximate surface area is 116 Å². The molecule has 0 saturated carbocycles. The van der Waals surface area contributed by atoms with Crippen LogP contribution < -0.4 is 0 Å². The third-order valence-electron chi connectivity index (χ3n) is 5.00. The van der Waals surface area contributed by atoms with Gasteiger partial charge in [0.25, 0.3) is 0 Å². The van der Waals surface area contributed by atoms with Crippen LogP contribution in [0.4, 0.5) is 0 Å². The maximum atomic E-state index is 11.8. The van der Waals surface area contributed by atoms with Gasteiger partial charge in [0.1, 0.15) is 0 Å². The molecule has 0 aliphatic carbocycles. The van der Waals surface area contributed by atoms with Crippen LogP contribution in [0.15, 0.2) is 0 Å². The first-order valence-corrected chi connectivity index (χ1v) is 8.00. The summed E-state index contributed by atoms with van der Waals surface area (Å²) >= 11 is -2.20. The van der Waals surface area contributed by atoms with Crippen molar-refractivity contribution in [3.8, 4) is 0 Å². The highest BCUT2D eigenvalue weighted by atomic mass is 32.2. The molecular formula is C14H30NO2S-. The quantitative estimate of drug-likeness (QED) is 0.665. The zero-order valence-corrected chi connectivity index (χ0v) is 14.1. The van der Waals surface area contributed by atoms with Crippen LogP contribution in [0.25, 0.3) is 0 Å². The molecule has 0 bridgehead atoms. The Hall–Kier alpha value is 0.0700. The van der Waals surface area contributed by atoms with Crippen molar-refractivity contribution in [3.05, 3.63) is 0 Å². The van der Waals surface area contributed by atoms with Crippen LogP contribution in [0.2, 0.25) is 0 Å². The van der Waals surface area contributed by atoms with E-state index >= 15 is 0 Å². The summed E-state index contributed by atoms with van der Waals surface area (Å²) in [5.74, 6) is 0.565. The molecule has 0 aromatic carbocycles. The fourth-order valence-corrected chi connectivity index (χ4v) is 3.86. The first-order valence-electron chi connectivity index (χ1n) is 6.97. The van der Waals surface area contributed by atoms with E-state index < -0.39 is 11.3 Å². The predicted molar refractivity (Wildman–Crippen MR) is 77.8 cm³/mol. The second kappa shape index (κ2) is 6.49. The van der Waals surface area contributed by atoms with Gasteiger partial charge in [-0.3, -0.25) is 4.21 Å². The van der Waals surface area contributed by atoms with Gasteiger partial charge in [-0.2, -0.15) is 0 Å². The Morgan fingerprint density at radius 1 is 1.00 bits per heavy atom. The van der Waals surface area contributed by atoms with Crippen molar-refractivity contribution < 1.29 is 8.76 Å². The van der Waals surface area contributed by atoms with E-state index in [0.29, 0.717) is 0 Å². The molecule has 4 heteroatoms. The summed E-state index contributed by atoms with van der Waals surface area (Å²) in [6, 6.07) is 0. The molecule has 0 aliphatic heterocycles. The zero-order valence-electron chi connectivity index (χ0n) is 13.2. The molecule has 0 radical (unpaired) electrons. The number of hydrogen-bond acceptors (Lipinski definition) is 2. The summed E-state index contributed by atoms with van der Waals surface area (Å²) in [5.41, 5.74) is -0.663. The van der Waals surface area contributed by atoms with Gasteiger partial charge in [0.2, 0.25) is 0 Å². The molecule has 0 rings (SSSR count). The molecular weight excluding hydrogens is 246 g/mol. The molecule has 0 saturated heterocycles. The van der Waals surface area contributed by atoms with Crippen molar-refractivity contribution >= 4 is 11.3 Å². The van der Waals surface area contributed by atoms with Gasteiger partial charge in [0.05, 0.1) is 0 Å². The van der Waals surface area contributed by atoms with Gasteiger partial charge < -0.3 is 4.55 Å². The first kappa shape index (κ1) is 18.1. The maximum absolute atomic E-state index is 11.8. The minimum Gasteiger partial charge on any atom is -0.760 e. The summed E-state index contributed by atoms with van der Waals surface area (Å²) in [5, 5.41) is 0. The van der Waals surface area contributed by atoms with E-state index in [1.54, 1.807) is 4.31 Å². The van der Waals surface area contributed by atoms with Crippen molar-refractivity contribution in [1.82, 2.24) is 4.31 Å². The third-order valence-corrected chi connectivity index (χ3v) is 6.13. The third kappa shape index (κ3) is 3.14. The Morgan fingerprint density at radius 2 is 1.28 bits per heavy atom. The second-order valence-electron chi connectivity index (χ2n) is 6.24. The van der Waals surface area contributed by atoms with Crippen LogP contribution in [0.1, 0.15) is 68.2 Å². The maximum Gasteiger partial charge on any atom is 0.0324 e. The molecule has 0 amide bonds. The number of nitrogens with zero attached hydrogens (tertiary/aromatic N) is 1. The largest absolute Gasteiger partial charge is 0.760 e. The van der Waals surface area contributed by atoms with Crippen LogP contribution in [0.5, 0.6) is 0 Å². The van der Waals surface area contributed by atoms with Crippen LogP contribution in [-0.4, -0.2) is 24.1 Å². The molecule has 0 aromatic rings. The van der Waals surface area contributed by atoms with Crippen LogP contribution in [0.3, 0.4) is 0 Å². The Balaban J connectivity index is 5.77. The molecule has 18 heavy (non-hydrogen) atoms. The van der Waals surface area contributed by atoms with Crippen LogP contribution in [0, 0.1) is 11.8 Å². The molecule has 3 nitrogen and oxygen atoms in total. The van der Waals surface area contributed by atoms with Gasteiger partial charge in [-0.05, 0) is 38.5 Å². The minimum atomic E-state index is -2.20. The summed E-state index contributed by atoms with van der Waals surface area (Å²) in [6.07, 6.45) is 1.64. The molecule has 0 aromatic heterocycles. The van der Waals surface area contributed by atoms with Gasteiger partial charge in [-0.15, -0.1) is 0 Å². The van der Waals surface area contributed by atoms with Gasteiger partial charge in [-0.25, -0.2) is 4.31 Å². The lowest BCUT2D eigenvalue weighted by Gasteiger charge is -2.55. The molecule has 0 fully saturated rings. The van der Waals surface area contributed by atoms with Crippen molar-refractivity contribution in [3.63, 3.8) is 0 Å². The summed E-state index contributed by atoms with van der Waals surface area (Å²) < 4.78 is 25.4. The molecule has 0 spiro atoms. The van der Waals surface area contributed by atoms with Gasteiger partial charge >= 0.3 is 0 Å². The fraction of sp³-hybridized carbons (Fsp3) is 1.00. The standard InChI is InChI=1S/C14H31NO2S/c1-9-13(7,11(3)4)15(18(16)17)14(8,10-2)12(5)6/h11-12H,9-10H2,1-8H3,(H,16,17)/p-1. The van der Waals surface area contributed by atoms with Crippen molar-refractivity contribution in [1.29, 1.82) is 0 Å². The van der Waals surface area contributed by atoms with Crippen molar-refractivity contribution in [2.45, 2.75) is 79.3 Å². The average molecular weight is 276 g/mol. The first-order chi connectivity index (χ1) is 8.07.